The van der Waals surface area contributed by atoms with Crippen molar-refractivity contribution in [3.63, 3.8) is 0 Å². The molecule has 0 unspecified atom stereocenters. The predicted octanol–water partition coefficient (Wildman–Crippen LogP) is -0.124. The Hall–Kier alpha value is -0.170. The molecule has 0 bridgehead atoms. The molecule has 0 saturated carbocycles. The van der Waals surface area contributed by atoms with Gasteiger partial charge < -0.3 is 10.1 Å². The van der Waals surface area contributed by atoms with Crippen molar-refractivity contribution in [1.82, 2.24) is 10.2 Å². The molecule has 2 rings (SSSR count). The first-order valence-corrected chi connectivity index (χ1v) is 8.48. The van der Waals surface area contributed by atoms with Crippen molar-refractivity contribution in [3.8, 4) is 0 Å². The molecule has 0 aromatic heterocycles. The third kappa shape index (κ3) is 2.87. The van der Waals surface area contributed by atoms with E-state index in [0.29, 0.717) is 6.54 Å². The summed E-state index contributed by atoms with van der Waals surface area (Å²) < 4.78 is 29.7. The zero-order chi connectivity index (χ0) is 13.1. The fraction of sp³-hybridized carbons (Fsp3) is 1.00. The van der Waals surface area contributed by atoms with Crippen LogP contribution in [0.5, 0.6) is 0 Å². The lowest BCUT2D eigenvalue weighted by Crippen LogP contribution is -2.56. The summed E-state index contributed by atoms with van der Waals surface area (Å²) in [6.45, 7) is 7.21. The lowest BCUT2D eigenvalue weighted by atomic mass is 9.96. The molecule has 18 heavy (non-hydrogen) atoms. The van der Waals surface area contributed by atoms with Crippen LogP contribution in [0.4, 0.5) is 0 Å². The van der Waals surface area contributed by atoms with E-state index in [-0.39, 0.29) is 5.75 Å². The van der Waals surface area contributed by atoms with Crippen LogP contribution in [0.1, 0.15) is 19.8 Å². The molecule has 2 aliphatic rings. The minimum Gasteiger partial charge on any atom is -0.379 e. The molecule has 2 aliphatic heterocycles. The number of hydrogen-bond donors (Lipinski definition) is 1. The van der Waals surface area contributed by atoms with Gasteiger partial charge in [-0.25, -0.2) is 8.42 Å². The van der Waals surface area contributed by atoms with Crippen molar-refractivity contribution in [2.75, 3.05) is 51.7 Å². The van der Waals surface area contributed by atoms with Gasteiger partial charge in [-0.1, -0.05) is 6.92 Å². The van der Waals surface area contributed by atoms with Gasteiger partial charge in [-0.3, -0.25) is 4.90 Å². The van der Waals surface area contributed by atoms with Crippen LogP contribution in [0.3, 0.4) is 0 Å². The van der Waals surface area contributed by atoms with Gasteiger partial charge in [0.05, 0.1) is 18.0 Å². The van der Waals surface area contributed by atoms with Crippen LogP contribution < -0.4 is 5.32 Å². The Bertz CT molecular complexity index is 358. The zero-order valence-electron chi connectivity index (χ0n) is 11.2. The second-order valence-electron chi connectivity index (χ2n) is 5.22. The first kappa shape index (κ1) is 14.2. The second-order valence-corrected chi connectivity index (χ2v) is 7.90. The molecule has 2 fully saturated rings. The van der Waals surface area contributed by atoms with Crippen LogP contribution in [0.2, 0.25) is 0 Å². The SMILES string of the molecule is CCS(=O)(=O)C1(CN2CCOCC2)CCNCC1. The minimum absolute atomic E-state index is 0.247. The lowest BCUT2D eigenvalue weighted by molar-refractivity contribution is 0.0309. The van der Waals surface area contributed by atoms with Crippen molar-refractivity contribution >= 4 is 9.84 Å². The summed E-state index contributed by atoms with van der Waals surface area (Å²) in [5.74, 6) is 0.247. The minimum atomic E-state index is -3.00. The van der Waals surface area contributed by atoms with E-state index in [1.807, 2.05) is 0 Å². The molecule has 2 saturated heterocycles. The van der Waals surface area contributed by atoms with Crippen molar-refractivity contribution in [3.05, 3.63) is 0 Å². The van der Waals surface area contributed by atoms with Gasteiger partial charge in [-0.2, -0.15) is 0 Å². The molecule has 5 nitrogen and oxygen atoms in total. The van der Waals surface area contributed by atoms with E-state index >= 15 is 0 Å². The van der Waals surface area contributed by atoms with E-state index < -0.39 is 14.6 Å². The number of ether oxygens (including phenoxy) is 1. The highest BCUT2D eigenvalue weighted by atomic mass is 32.2. The Labute approximate surface area is 110 Å². The largest absolute Gasteiger partial charge is 0.379 e. The van der Waals surface area contributed by atoms with Crippen molar-refractivity contribution < 1.29 is 13.2 Å². The van der Waals surface area contributed by atoms with E-state index in [2.05, 4.69) is 10.2 Å². The van der Waals surface area contributed by atoms with Crippen LogP contribution in [-0.2, 0) is 14.6 Å². The molecule has 0 spiro atoms. The second kappa shape index (κ2) is 5.86. The normalized spacial score (nSPS) is 26.1. The van der Waals surface area contributed by atoms with Crippen molar-refractivity contribution in [2.24, 2.45) is 0 Å². The van der Waals surface area contributed by atoms with Gasteiger partial charge >= 0.3 is 0 Å². The molecule has 0 radical (unpaired) electrons. The summed E-state index contributed by atoms with van der Waals surface area (Å²) in [6.07, 6.45) is 1.47. The number of piperidine rings is 1. The summed E-state index contributed by atoms with van der Waals surface area (Å²) in [6, 6.07) is 0. The van der Waals surface area contributed by atoms with Crippen molar-refractivity contribution in [1.29, 1.82) is 0 Å². The molecule has 6 heteroatoms. The molecule has 2 heterocycles. The molecule has 1 N–H and O–H groups in total. The van der Waals surface area contributed by atoms with Crippen LogP contribution in [-0.4, -0.2) is 69.8 Å². The summed E-state index contributed by atoms with van der Waals surface area (Å²) in [7, 11) is -3.00. The first-order chi connectivity index (χ1) is 8.60. The highest BCUT2D eigenvalue weighted by Gasteiger charge is 2.44. The molecule has 0 atom stereocenters. The fourth-order valence-corrected chi connectivity index (χ4v) is 4.74. The molecule has 0 aromatic rings. The summed E-state index contributed by atoms with van der Waals surface area (Å²) >= 11 is 0. The number of rotatable bonds is 4. The Morgan fingerprint density at radius 3 is 2.39 bits per heavy atom. The quantitative estimate of drug-likeness (QED) is 0.775. The van der Waals surface area contributed by atoms with Crippen molar-refractivity contribution in [2.45, 2.75) is 24.5 Å². The Morgan fingerprint density at radius 2 is 1.83 bits per heavy atom. The third-order valence-electron chi connectivity index (χ3n) is 4.17. The van der Waals surface area contributed by atoms with Crippen LogP contribution in [0.15, 0.2) is 0 Å². The zero-order valence-corrected chi connectivity index (χ0v) is 12.0. The van der Waals surface area contributed by atoms with E-state index in [4.69, 9.17) is 4.74 Å². The van der Waals surface area contributed by atoms with Gasteiger partial charge in [-0.15, -0.1) is 0 Å². The van der Waals surface area contributed by atoms with E-state index in [1.165, 1.54) is 0 Å². The van der Waals surface area contributed by atoms with Gasteiger partial charge in [-0.05, 0) is 25.9 Å². The fourth-order valence-electron chi connectivity index (χ4n) is 2.92. The number of nitrogens with one attached hydrogen (secondary N) is 1. The molecule has 0 aliphatic carbocycles. The van der Waals surface area contributed by atoms with Gasteiger partial charge in [0, 0.05) is 25.4 Å². The van der Waals surface area contributed by atoms with Crippen LogP contribution >= 0.6 is 0 Å². The Balaban J connectivity index is 2.13. The number of nitrogens with zero attached hydrogens (tertiary/aromatic N) is 1. The van der Waals surface area contributed by atoms with E-state index in [9.17, 15) is 8.42 Å². The maximum atomic E-state index is 12.5. The molecular formula is C12H24N2O3S. The third-order valence-corrected chi connectivity index (χ3v) is 6.79. The summed E-state index contributed by atoms with van der Waals surface area (Å²) in [4.78, 5) is 2.25. The van der Waals surface area contributed by atoms with E-state index in [1.54, 1.807) is 6.92 Å². The Kier molecular flexibility index (Phi) is 4.64. The standard InChI is InChI=1S/C12H24N2O3S/c1-2-18(15,16)12(3-5-13-6-4-12)11-14-7-9-17-10-8-14/h13H,2-11H2,1H3. The maximum absolute atomic E-state index is 12.5. The number of morpholine rings is 1. The summed E-state index contributed by atoms with van der Waals surface area (Å²) in [5, 5.41) is 3.27. The predicted molar refractivity (Wildman–Crippen MR) is 71.6 cm³/mol. The van der Waals surface area contributed by atoms with Gasteiger partial charge in [0.25, 0.3) is 0 Å². The Morgan fingerprint density at radius 1 is 1.22 bits per heavy atom. The van der Waals surface area contributed by atoms with Gasteiger partial charge in [0.1, 0.15) is 0 Å². The first-order valence-electron chi connectivity index (χ1n) is 6.83. The lowest BCUT2D eigenvalue weighted by Gasteiger charge is -2.41. The highest BCUT2D eigenvalue weighted by Crippen LogP contribution is 2.30. The number of sulfone groups is 1. The van der Waals surface area contributed by atoms with Crippen LogP contribution in [0.25, 0.3) is 0 Å². The maximum Gasteiger partial charge on any atom is 0.157 e. The smallest absolute Gasteiger partial charge is 0.157 e. The van der Waals surface area contributed by atoms with Gasteiger partial charge in [0.2, 0.25) is 0 Å². The molecule has 0 amide bonds. The number of hydrogen-bond acceptors (Lipinski definition) is 5. The molecule has 0 aromatic carbocycles. The topological polar surface area (TPSA) is 58.6 Å². The monoisotopic (exact) mass is 276 g/mol. The van der Waals surface area contributed by atoms with Gasteiger partial charge in [0.15, 0.2) is 9.84 Å². The molecular weight excluding hydrogens is 252 g/mol. The van der Waals surface area contributed by atoms with Crippen LogP contribution in [0, 0.1) is 0 Å². The van der Waals surface area contributed by atoms with E-state index in [0.717, 1.165) is 52.2 Å². The average Bonchev–Trinajstić information content (AvgIpc) is 2.41. The average molecular weight is 276 g/mol. The highest BCUT2D eigenvalue weighted by molar-refractivity contribution is 7.92. The molecule has 106 valence electrons. The summed E-state index contributed by atoms with van der Waals surface area (Å²) in [5.41, 5.74) is 0.